The van der Waals surface area contributed by atoms with Crippen LogP contribution >= 0.6 is 0 Å². The molecule has 1 fully saturated rings. The highest BCUT2D eigenvalue weighted by Gasteiger charge is 2.39. The summed E-state index contributed by atoms with van der Waals surface area (Å²) in [4.78, 5) is 13.6. The lowest BCUT2D eigenvalue weighted by Crippen LogP contribution is -2.52. The fourth-order valence-corrected chi connectivity index (χ4v) is 2.06. The van der Waals surface area contributed by atoms with Crippen molar-refractivity contribution in [2.24, 2.45) is 0 Å². The van der Waals surface area contributed by atoms with Crippen LogP contribution in [0.5, 0.6) is 0 Å². The van der Waals surface area contributed by atoms with Crippen LogP contribution in [0.1, 0.15) is 31.7 Å². The molecule has 0 N–H and O–H groups in total. The number of hydrogen-bond donors (Lipinski definition) is 0. The normalized spacial score (nSPS) is 17.1. The van der Waals surface area contributed by atoms with Gasteiger partial charge in [-0.05, 0) is 31.7 Å². The molecule has 1 saturated carbocycles. The first kappa shape index (κ1) is 12.0. The molecule has 3 nitrogen and oxygen atoms in total. The van der Waals surface area contributed by atoms with Gasteiger partial charge in [0.15, 0.2) is 0 Å². The number of benzene rings is 1. The van der Waals surface area contributed by atoms with E-state index in [1.54, 1.807) is 4.90 Å². The molecular weight excluding hydrogens is 214 g/mol. The first-order valence-corrected chi connectivity index (χ1v) is 6.06. The minimum atomic E-state index is -0.226. The molecular formula is C14H19NO2. The Bertz CT molecular complexity index is 384. The highest BCUT2D eigenvalue weighted by Crippen LogP contribution is 2.36. The standard InChI is InChI=1S/C14H19NO2/c1-14(9-6-10-14)15(2)13(16)17-11-12-7-4-3-5-8-12/h3-5,7-8H,6,9-11H2,1-2H3. The SMILES string of the molecule is CN(C(=O)OCc1ccccc1)C1(C)CCC1. The Morgan fingerprint density at radius 1 is 1.35 bits per heavy atom. The third kappa shape index (κ3) is 2.60. The number of amides is 1. The molecule has 2 rings (SSSR count). The van der Waals surface area contributed by atoms with E-state index in [4.69, 9.17) is 4.74 Å². The minimum absolute atomic E-state index is 0.00771. The molecule has 1 aliphatic carbocycles. The summed E-state index contributed by atoms with van der Waals surface area (Å²) in [5, 5.41) is 0. The summed E-state index contributed by atoms with van der Waals surface area (Å²) in [7, 11) is 1.83. The molecule has 1 aromatic carbocycles. The molecule has 0 saturated heterocycles. The van der Waals surface area contributed by atoms with Crippen molar-refractivity contribution in [3.63, 3.8) is 0 Å². The summed E-state index contributed by atoms with van der Waals surface area (Å²) in [6.07, 6.45) is 3.12. The van der Waals surface area contributed by atoms with Crippen LogP contribution in [0.4, 0.5) is 4.79 Å². The van der Waals surface area contributed by atoms with Gasteiger partial charge in [-0.2, -0.15) is 0 Å². The van der Waals surface area contributed by atoms with Crippen LogP contribution < -0.4 is 0 Å². The summed E-state index contributed by atoms with van der Waals surface area (Å²) in [6, 6.07) is 9.75. The van der Waals surface area contributed by atoms with Crippen molar-refractivity contribution in [1.29, 1.82) is 0 Å². The molecule has 1 aromatic rings. The van der Waals surface area contributed by atoms with Crippen LogP contribution in [0.25, 0.3) is 0 Å². The Morgan fingerprint density at radius 2 is 2.00 bits per heavy atom. The zero-order valence-corrected chi connectivity index (χ0v) is 10.5. The second kappa shape index (κ2) is 4.78. The predicted molar refractivity (Wildman–Crippen MR) is 66.6 cm³/mol. The lowest BCUT2D eigenvalue weighted by atomic mass is 9.77. The predicted octanol–water partition coefficient (Wildman–Crippen LogP) is 3.20. The minimum Gasteiger partial charge on any atom is -0.445 e. The Hall–Kier alpha value is -1.51. The molecule has 17 heavy (non-hydrogen) atoms. The van der Waals surface area contributed by atoms with Gasteiger partial charge in [0.25, 0.3) is 0 Å². The molecule has 0 spiro atoms. The van der Waals surface area contributed by atoms with Gasteiger partial charge in [0.1, 0.15) is 6.61 Å². The second-order valence-electron chi connectivity index (χ2n) is 4.95. The number of ether oxygens (including phenoxy) is 1. The van der Waals surface area contributed by atoms with Crippen LogP contribution in [0.3, 0.4) is 0 Å². The number of hydrogen-bond acceptors (Lipinski definition) is 2. The number of carbonyl (C=O) groups is 1. The molecule has 0 unspecified atom stereocenters. The molecule has 0 heterocycles. The molecule has 0 aromatic heterocycles. The highest BCUT2D eigenvalue weighted by molar-refractivity contribution is 5.68. The maximum Gasteiger partial charge on any atom is 0.410 e. The fraction of sp³-hybridized carbons (Fsp3) is 0.500. The number of carbonyl (C=O) groups excluding carboxylic acids is 1. The van der Waals surface area contributed by atoms with Gasteiger partial charge in [0.05, 0.1) is 0 Å². The summed E-state index contributed by atoms with van der Waals surface area (Å²) >= 11 is 0. The van der Waals surface area contributed by atoms with Crippen molar-refractivity contribution < 1.29 is 9.53 Å². The zero-order chi connectivity index (χ0) is 12.3. The Kier molecular flexibility index (Phi) is 3.36. The van der Waals surface area contributed by atoms with Crippen molar-refractivity contribution in [1.82, 2.24) is 4.90 Å². The number of nitrogens with zero attached hydrogens (tertiary/aromatic N) is 1. The van der Waals surface area contributed by atoms with Crippen molar-refractivity contribution >= 4 is 6.09 Å². The van der Waals surface area contributed by atoms with E-state index < -0.39 is 0 Å². The van der Waals surface area contributed by atoms with E-state index in [1.165, 1.54) is 6.42 Å². The van der Waals surface area contributed by atoms with Gasteiger partial charge in [-0.15, -0.1) is 0 Å². The third-order valence-corrected chi connectivity index (χ3v) is 3.72. The number of rotatable bonds is 3. The molecule has 1 amide bonds. The van der Waals surface area contributed by atoms with Gasteiger partial charge in [-0.25, -0.2) is 4.79 Å². The lowest BCUT2D eigenvalue weighted by Gasteiger charge is -2.45. The third-order valence-electron chi connectivity index (χ3n) is 3.72. The average molecular weight is 233 g/mol. The van der Waals surface area contributed by atoms with Crippen LogP contribution in [-0.4, -0.2) is 23.6 Å². The summed E-state index contributed by atoms with van der Waals surface area (Å²) < 4.78 is 5.30. The highest BCUT2D eigenvalue weighted by atomic mass is 16.6. The smallest absolute Gasteiger partial charge is 0.410 e. The topological polar surface area (TPSA) is 29.5 Å². The molecule has 1 aliphatic rings. The lowest BCUT2D eigenvalue weighted by molar-refractivity contribution is 0.0307. The van der Waals surface area contributed by atoms with Crippen LogP contribution in [0.2, 0.25) is 0 Å². The molecule has 0 bridgehead atoms. The fourth-order valence-electron chi connectivity index (χ4n) is 2.06. The van der Waals surface area contributed by atoms with Gasteiger partial charge < -0.3 is 9.64 Å². The summed E-state index contributed by atoms with van der Waals surface area (Å²) in [6.45, 7) is 2.46. The maximum atomic E-state index is 11.9. The van der Waals surface area contributed by atoms with Crippen molar-refractivity contribution in [3.05, 3.63) is 35.9 Å². The van der Waals surface area contributed by atoms with Crippen LogP contribution in [-0.2, 0) is 11.3 Å². The summed E-state index contributed by atoms with van der Waals surface area (Å²) in [5.41, 5.74) is 1.03. The second-order valence-corrected chi connectivity index (χ2v) is 4.95. The van der Waals surface area contributed by atoms with E-state index in [0.717, 1.165) is 18.4 Å². The molecule has 3 heteroatoms. The first-order valence-electron chi connectivity index (χ1n) is 6.06. The van der Waals surface area contributed by atoms with E-state index >= 15 is 0 Å². The van der Waals surface area contributed by atoms with Gasteiger partial charge in [-0.1, -0.05) is 30.3 Å². The quantitative estimate of drug-likeness (QED) is 0.802. The Morgan fingerprint density at radius 3 is 2.53 bits per heavy atom. The van der Waals surface area contributed by atoms with Crippen LogP contribution in [0, 0.1) is 0 Å². The van der Waals surface area contributed by atoms with Gasteiger partial charge in [-0.3, -0.25) is 0 Å². The molecule has 0 radical (unpaired) electrons. The van der Waals surface area contributed by atoms with E-state index in [0.29, 0.717) is 6.61 Å². The Labute approximate surface area is 102 Å². The monoisotopic (exact) mass is 233 g/mol. The largest absolute Gasteiger partial charge is 0.445 e. The zero-order valence-electron chi connectivity index (χ0n) is 10.5. The van der Waals surface area contributed by atoms with E-state index in [9.17, 15) is 4.79 Å². The maximum absolute atomic E-state index is 11.9. The van der Waals surface area contributed by atoms with Crippen molar-refractivity contribution in [2.75, 3.05) is 7.05 Å². The van der Waals surface area contributed by atoms with Gasteiger partial charge in [0, 0.05) is 12.6 Å². The summed E-state index contributed by atoms with van der Waals surface area (Å²) in [5.74, 6) is 0. The van der Waals surface area contributed by atoms with Gasteiger partial charge in [0.2, 0.25) is 0 Å². The van der Waals surface area contributed by atoms with E-state index in [-0.39, 0.29) is 11.6 Å². The van der Waals surface area contributed by atoms with E-state index in [2.05, 4.69) is 6.92 Å². The van der Waals surface area contributed by atoms with Gasteiger partial charge >= 0.3 is 6.09 Å². The van der Waals surface area contributed by atoms with Crippen molar-refractivity contribution in [2.45, 2.75) is 38.3 Å². The average Bonchev–Trinajstić information content (AvgIpc) is 2.33. The molecule has 0 aliphatic heterocycles. The first-order chi connectivity index (χ1) is 8.12. The molecule has 0 atom stereocenters. The Balaban J connectivity index is 1.85. The van der Waals surface area contributed by atoms with E-state index in [1.807, 2.05) is 37.4 Å². The van der Waals surface area contributed by atoms with Crippen LogP contribution in [0.15, 0.2) is 30.3 Å². The van der Waals surface area contributed by atoms with Crippen molar-refractivity contribution in [3.8, 4) is 0 Å². The molecule has 92 valence electrons.